The Balaban J connectivity index is 0. The number of pyridine rings is 2. The van der Waals surface area contributed by atoms with E-state index in [1.807, 2.05) is 66.9 Å². The number of aromatic nitrogens is 2. The van der Waals surface area contributed by atoms with Gasteiger partial charge in [0.05, 0.1) is 5.69 Å². The third-order valence-electron chi connectivity index (χ3n) is 2.56. The first kappa shape index (κ1) is 25.0. The lowest BCUT2D eigenvalue weighted by Gasteiger charge is -2.02. The molecule has 2 aromatic heterocycles. The lowest BCUT2D eigenvalue weighted by atomic mass is 10.2. The highest BCUT2D eigenvalue weighted by Gasteiger charge is 2.02. The highest BCUT2D eigenvalue weighted by molar-refractivity contribution is 9.11. The molecule has 0 aliphatic rings. The molecule has 23 heavy (non-hydrogen) atoms. The van der Waals surface area contributed by atoms with Gasteiger partial charge in [-0.05, 0) is 92.7 Å². The maximum Gasteiger partial charge on any atom is 0.0518 e. The minimum Gasteiger partial charge on any atom is -0.260 e. The highest BCUT2D eigenvalue weighted by Crippen LogP contribution is 2.25. The van der Waals surface area contributed by atoms with E-state index in [1.165, 1.54) is 11.1 Å². The van der Waals surface area contributed by atoms with Crippen molar-refractivity contribution in [2.24, 2.45) is 0 Å². The average molecular weight is 511 g/mol. The van der Waals surface area contributed by atoms with Crippen molar-refractivity contribution in [1.82, 2.24) is 9.97 Å². The molecule has 2 nitrogen and oxygen atoms in total. The van der Waals surface area contributed by atoms with Crippen LogP contribution in [0, 0.1) is 27.7 Å². The molecule has 0 spiro atoms. The Hall–Kier alpha value is -0.260. The van der Waals surface area contributed by atoms with Crippen molar-refractivity contribution in [3.63, 3.8) is 0 Å². The molecule has 0 N–H and O–H groups in total. The summed E-state index contributed by atoms with van der Waals surface area (Å²) in [5.41, 5.74) is 4.53. The standard InChI is InChI=1S/C7H7Br2N.C7H8BrN.2C2H6/c1-4-6(8)3-10-5(2)7(4)9;1-5-3-6(2)9-4-7(5)8;2*1-2/h3H,1-2H3;3-4H,1-2H3;2*1-2H3. The largest absolute Gasteiger partial charge is 0.260 e. The lowest BCUT2D eigenvalue weighted by molar-refractivity contribution is 1.14. The summed E-state index contributed by atoms with van der Waals surface area (Å²) in [4.78, 5) is 8.24. The fraction of sp³-hybridized carbons (Fsp3) is 0.444. The molecule has 0 atom stereocenters. The van der Waals surface area contributed by atoms with Crippen LogP contribution in [0.2, 0.25) is 0 Å². The monoisotopic (exact) mass is 508 g/mol. The van der Waals surface area contributed by atoms with Gasteiger partial charge in [0.15, 0.2) is 0 Å². The summed E-state index contributed by atoms with van der Waals surface area (Å²) in [5, 5.41) is 0. The van der Waals surface area contributed by atoms with Gasteiger partial charge in [-0.3, -0.25) is 9.97 Å². The zero-order chi connectivity index (χ0) is 18.6. The smallest absolute Gasteiger partial charge is 0.0518 e. The van der Waals surface area contributed by atoms with E-state index in [-0.39, 0.29) is 0 Å². The fourth-order valence-corrected chi connectivity index (χ4v) is 2.46. The maximum atomic E-state index is 4.15. The Bertz CT molecular complexity index is 558. The first-order chi connectivity index (χ1) is 10.8. The van der Waals surface area contributed by atoms with Crippen molar-refractivity contribution < 1.29 is 0 Å². The van der Waals surface area contributed by atoms with Gasteiger partial charge in [0.25, 0.3) is 0 Å². The Labute approximate surface area is 166 Å². The van der Waals surface area contributed by atoms with Gasteiger partial charge in [0.2, 0.25) is 0 Å². The predicted molar refractivity (Wildman–Crippen MR) is 113 cm³/mol. The van der Waals surface area contributed by atoms with Crippen molar-refractivity contribution >= 4 is 47.8 Å². The third-order valence-corrected chi connectivity index (χ3v) is 5.36. The van der Waals surface area contributed by atoms with E-state index in [9.17, 15) is 0 Å². The van der Waals surface area contributed by atoms with Crippen LogP contribution in [0.5, 0.6) is 0 Å². The second kappa shape index (κ2) is 14.1. The molecule has 0 unspecified atom stereocenters. The second-order valence-corrected chi connectivity index (χ2v) is 6.71. The number of nitrogens with zero attached hydrogens (tertiary/aromatic N) is 2. The average Bonchev–Trinajstić information content (AvgIpc) is 2.57. The molecular weight excluding hydrogens is 484 g/mol. The van der Waals surface area contributed by atoms with Gasteiger partial charge >= 0.3 is 0 Å². The predicted octanol–water partition coefficient (Wildman–Crippen LogP) is 7.74. The molecule has 0 saturated carbocycles. The van der Waals surface area contributed by atoms with Crippen LogP contribution in [0.3, 0.4) is 0 Å². The van der Waals surface area contributed by atoms with Gasteiger partial charge in [0, 0.05) is 31.5 Å². The number of halogens is 3. The summed E-state index contributed by atoms with van der Waals surface area (Å²) in [5.74, 6) is 0. The SMILES string of the molecule is CC.CC.Cc1cc(C)c(Br)cn1.Cc1ncc(Br)c(C)c1Br. The van der Waals surface area contributed by atoms with Gasteiger partial charge in [0.1, 0.15) is 0 Å². The number of rotatable bonds is 0. The molecule has 0 amide bonds. The summed E-state index contributed by atoms with van der Waals surface area (Å²) < 4.78 is 3.21. The Morgan fingerprint density at radius 3 is 1.61 bits per heavy atom. The van der Waals surface area contributed by atoms with E-state index < -0.39 is 0 Å². The summed E-state index contributed by atoms with van der Waals surface area (Å²) in [6.45, 7) is 16.1. The van der Waals surface area contributed by atoms with Gasteiger partial charge < -0.3 is 0 Å². The van der Waals surface area contributed by atoms with E-state index in [4.69, 9.17) is 0 Å². The van der Waals surface area contributed by atoms with Gasteiger partial charge in [-0.15, -0.1) is 0 Å². The topological polar surface area (TPSA) is 25.8 Å². The van der Waals surface area contributed by atoms with E-state index in [1.54, 1.807) is 0 Å². The molecule has 130 valence electrons. The first-order valence-electron chi connectivity index (χ1n) is 7.69. The van der Waals surface area contributed by atoms with Gasteiger partial charge in [-0.1, -0.05) is 27.7 Å². The maximum absolute atomic E-state index is 4.15. The van der Waals surface area contributed by atoms with Crippen molar-refractivity contribution in [1.29, 1.82) is 0 Å². The molecule has 0 aliphatic heterocycles. The third kappa shape index (κ3) is 9.58. The zero-order valence-corrected chi connectivity index (χ0v) is 20.0. The normalized spacial score (nSPS) is 8.65. The molecule has 5 heteroatoms. The summed E-state index contributed by atoms with van der Waals surface area (Å²) in [6, 6.07) is 2.05. The number of hydrogen-bond acceptors (Lipinski definition) is 2. The molecule has 0 bridgehead atoms. The van der Waals surface area contributed by atoms with E-state index >= 15 is 0 Å². The Morgan fingerprint density at radius 1 is 0.739 bits per heavy atom. The number of aryl methyl sites for hydroxylation is 3. The van der Waals surface area contributed by atoms with Crippen LogP contribution in [0.1, 0.15) is 50.2 Å². The van der Waals surface area contributed by atoms with Crippen molar-refractivity contribution in [2.75, 3.05) is 0 Å². The van der Waals surface area contributed by atoms with Crippen LogP contribution < -0.4 is 0 Å². The molecule has 0 aliphatic carbocycles. The Kier molecular flexibility index (Phi) is 15.3. The lowest BCUT2D eigenvalue weighted by Crippen LogP contribution is -1.86. The Morgan fingerprint density at radius 2 is 1.22 bits per heavy atom. The number of hydrogen-bond donors (Lipinski definition) is 0. The van der Waals surface area contributed by atoms with Crippen LogP contribution in [-0.4, -0.2) is 9.97 Å². The summed E-state index contributed by atoms with van der Waals surface area (Å²) in [6.07, 6.45) is 3.64. The minimum absolute atomic E-state index is 1.03. The first-order valence-corrected chi connectivity index (χ1v) is 10.1. The van der Waals surface area contributed by atoms with E-state index in [2.05, 4.69) is 64.7 Å². The molecule has 2 aromatic rings. The van der Waals surface area contributed by atoms with Crippen LogP contribution in [-0.2, 0) is 0 Å². The van der Waals surface area contributed by atoms with Crippen molar-refractivity contribution in [2.45, 2.75) is 55.4 Å². The second-order valence-electron chi connectivity index (χ2n) is 4.21. The van der Waals surface area contributed by atoms with Gasteiger partial charge in [-0.25, -0.2) is 0 Å². The highest BCUT2D eigenvalue weighted by atomic mass is 79.9. The molecule has 2 heterocycles. The molecular formula is C18H27Br3N2. The molecule has 2 rings (SSSR count). The van der Waals surface area contributed by atoms with E-state index in [0.29, 0.717) is 0 Å². The fourth-order valence-electron chi connectivity index (χ4n) is 1.36. The zero-order valence-electron chi connectivity index (χ0n) is 15.3. The molecule has 0 saturated heterocycles. The van der Waals surface area contributed by atoms with Gasteiger partial charge in [-0.2, -0.15) is 0 Å². The van der Waals surface area contributed by atoms with Crippen LogP contribution in [0.4, 0.5) is 0 Å². The quantitative estimate of drug-likeness (QED) is 0.362. The van der Waals surface area contributed by atoms with Crippen LogP contribution >= 0.6 is 47.8 Å². The minimum atomic E-state index is 1.03. The van der Waals surface area contributed by atoms with Crippen molar-refractivity contribution in [3.05, 3.63) is 54.4 Å². The van der Waals surface area contributed by atoms with Crippen molar-refractivity contribution in [3.8, 4) is 0 Å². The molecule has 0 fully saturated rings. The molecule has 0 radical (unpaired) electrons. The molecule has 0 aromatic carbocycles. The summed E-state index contributed by atoms with van der Waals surface area (Å²) >= 11 is 10.2. The summed E-state index contributed by atoms with van der Waals surface area (Å²) in [7, 11) is 0. The van der Waals surface area contributed by atoms with E-state index in [0.717, 1.165) is 24.8 Å². The van der Waals surface area contributed by atoms with Crippen LogP contribution in [0.25, 0.3) is 0 Å². The van der Waals surface area contributed by atoms with Crippen LogP contribution in [0.15, 0.2) is 31.9 Å².